The molecule has 6 heteroatoms. The van der Waals surface area contributed by atoms with E-state index in [0.717, 1.165) is 47.2 Å². The zero-order valence-corrected chi connectivity index (χ0v) is 19.1. The van der Waals surface area contributed by atoms with Crippen LogP contribution in [0.25, 0.3) is 16.9 Å². The number of pyridine rings is 1. The number of rotatable bonds is 9. The van der Waals surface area contributed by atoms with Crippen molar-refractivity contribution in [2.45, 2.75) is 25.9 Å². The number of ether oxygens (including phenoxy) is 2. The third-order valence-corrected chi connectivity index (χ3v) is 6.12. The molecule has 0 unspecified atom stereocenters. The molecule has 2 aromatic carbocycles. The highest BCUT2D eigenvalue weighted by Gasteiger charge is 2.12. The van der Waals surface area contributed by atoms with Gasteiger partial charge in [-0.3, -0.25) is 4.90 Å². The molecule has 1 aliphatic heterocycles. The summed E-state index contributed by atoms with van der Waals surface area (Å²) in [5.41, 5.74) is 5.30. The molecule has 3 heterocycles. The number of hydrogen-bond donors (Lipinski definition) is 0. The lowest BCUT2D eigenvalue weighted by Crippen LogP contribution is -2.25. The maximum atomic E-state index is 5.92. The zero-order chi connectivity index (χ0) is 22.5. The molecule has 1 fully saturated rings. The molecule has 0 atom stereocenters. The molecule has 0 amide bonds. The van der Waals surface area contributed by atoms with Crippen molar-refractivity contribution in [2.24, 2.45) is 0 Å². The van der Waals surface area contributed by atoms with Gasteiger partial charge >= 0.3 is 0 Å². The van der Waals surface area contributed by atoms with Crippen molar-refractivity contribution >= 4 is 5.65 Å². The molecular weight excluding hydrogens is 412 g/mol. The van der Waals surface area contributed by atoms with Gasteiger partial charge in [0.05, 0.1) is 12.3 Å². The smallest absolute Gasteiger partial charge is 0.156 e. The Labute approximate surface area is 194 Å². The topological polar surface area (TPSA) is 51.9 Å². The second kappa shape index (κ2) is 10.1. The van der Waals surface area contributed by atoms with E-state index in [4.69, 9.17) is 19.6 Å². The van der Waals surface area contributed by atoms with Crippen molar-refractivity contribution in [1.29, 1.82) is 0 Å². The Hall–Kier alpha value is -3.22. The molecule has 6 nitrogen and oxygen atoms in total. The summed E-state index contributed by atoms with van der Waals surface area (Å²) >= 11 is 0. The van der Waals surface area contributed by atoms with Gasteiger partial charge in [-0.2, -0.15) is 5.10 Å². The van der Waals surface area contributed by atoms with Gasteiger partial charge in [-0.1, -0.05) is 42.5 Å². The van der Waals surface area contributed by atoms with E-state index >= 15 is 0 Å². The maximum absolute atomic E-state index is 5.92. The van der Waals surface area contributed by atoms with E-state index in [2.05, 4.69) is 47.4 Å². The van der Waals surface area contributed by atoms with E-state index in [1.165, 1.54) is 31.5 Å². The SMILES string of the molecule is COCc1ccc(-c2cccc3nc(Cc4ccc(OCCN5CCCC5)cc4)nn23)cc1. The second-order valence-corrected chi connectivity index (χ2v) is 8.56. The lowest BCUT2D eigenvalue weighted by Gasteiger charge is -2.14. The van der Waals surface area contributed by atoms with Crippen LogP contribution in [0.1, 0.15) is 29.8 Å². The summed E-state index contributed by atoms with van der Waals surface area (Å²) in [4.78, 5) is 7.22. The lowest BCUT2D eigenvalue weighted by atomic mass is 10.1. The average Bonchev–Trinajstić information content (AvgIpc) is 3.50. The molecule has 0 aliphatic carbocycles. The fourth-order valence-electron chi connectivity index (χ4n) is 4.37. The Morgan fingerprint density at radius 1 is 0.879 bits per heavy atom. The first-order valence-electron chi connectivity index (χ1n) is 11.7. The maximum Gasteiger partial charge on any atom is 0.156 e. The third-order valence-electron chi connectivity index (χ3n) is 6.12. The molecule has 0 N–H and O–H groups in total. The Bertz CT molecular complexity index is 1180. The minimum atomic E-state index is 0.611. The fraction of sp³-hybridized carbons (Fsp3) is 0.333. The van der Waals surface area contributed by atoms with Crippen LogP contribution in [0, 0.1) is 0 Å². The van der Waals surface area contributed by atoms with Gasteiger partial charge in [-0.25, -0.2) is 9.50 Å². The lowest BCUT2D eigenvalue weighted by molar-refractivity contribution is 0.185. The molecule has 1 aliphatic rings. The Morgan fingerprint density at radius 2 is 1.64 bits per heavy atom. The van der Waals surface area contributed by atoms with Crippen LogP contribution in [0.5, 0.6) is 5.75 Å². The molecule has 2 aromatic heterocycles. The summed E-state index contributed by atoms with van der Waals surface area (Å²) < 4.78 is 13.1. The van der Waals surface area contributed by atoms with E-state index < -0.39 is 0 Å². The average molecular weight is 443 g/mol. The van der Waals surface area contributed by atoms with Gasteiger partial charge in [0.15, 0.2) is 11.5 Å². The highest BCUT2D eigenvalue weighted by atomic mass is 16.5. The molecule has 1 saturated heterocycles. The highest BCUT2D eigenvalue weighted by molar-refractivity contribution is 5.63. The van der Waals surface area contributed by atoms with Gasteiger partial charge in [-0.15, -0.1) is 0 Å². The number of benzene rings is 2. The Balaban J connectivity index is 1.26. The van der Waals surface area contributed by atoms with E-state index in [1.807, 2.05) is 28.8 Å². The molecule has 170 valence electrons. The van der Waals surface area contributed by atoms with Gasteiger partial charge in [0.2, 0.25) is 0 Å². The van der Waals surface area contributed by atoms with E-state index in [-0.39, 0.29) is 0 Å². The van der Waals surface area contributed by atoms with Crippen molar-refractivity contribution < 1.29 is 9.47 Å². The molecule has 33 heavy (non-hydrogen) atoms. The number of nitrogens with zero attached hydrogens (tertiary/aromatic N) is 4. The first-order valence-corrected chi connectivity index (χ1v) is 11.7. The van der Waals surface area contributed by atoms with Crippen molar-refractivity contribution in [3.63, 3.8) is 0 Å². The summed E-state index contributed by atoms with van der Waals surface area (Å²) in [6, 6.07) is 22.8. The quantitative estimate of drug-likeness (QED) is 0.379. The van der Waals surface area contributed by atoms with Gasteiger partial charge in [-0.05, 0) is 61.3 Å². The Kier molecular flexibility index (Phi) is 6.65. The molecule has 0 radical (unpaired) electrons. The molecule has 4 aromatic rings. The van der Waals surface area contributed by atoms with Crippen molar-refractivity contribution in [1.82, 2.24) is 19.5 Å². The standard InChI is InChI=1S/C27H30N4O2/c1-32-20-22-7-11-23(12-8-22)25-5-4-6-27-28-26(29-31(25)27)19-21-9-13-24(14-10-21)33-18-17-30-15-2-3-16-30/h4-14H,2-3,15-20H2,1H3. The van der Waals surface area contributed by atoms with Crippen molar-refractivity contribution in [3.05, 3.63) is 83.7 Å². The predicted octanol–water partition coefficient (Wildman–Crippen LogP) is 4.61. The molecule has 0 spiro atoms. The van der Waals surface area contributed by atoms with E-state index in [1.54, 1.807) is 7.11 Å². The highest BCUT2D eigenvalue weighted by Crippen LogP contribution is 2.22. The summed E-state index contributed by atoms with van der Waals surface area (Å²) in [7, 11) is 1.71. The van der Waals surface area contributed by atoms with Gasteiger partial charge in [0.25, 0.3) is 0 Å². The summed E-state index contributed by atoms with van der Waals surface area (Å²) in [6.45, 7) is 4.76. The van der Waals surface area contributed by atoms with Crippen LogP contribution in [-0.4, -0.2) is 52.8 Å². The van der Waals surface area contributed by atoms with E-state index in [0.29, 0.717) is 13.0 Å². The largest absolute Gasteiger partial charge is 0.492 e. The van der Waals surface area contributed by atoms with Crippen molar-refractivity contribution in [2.75, 3.05) is 33.4 Å². The van der Waals surface area contributed by atoms with Crippen LogP contribution in [0.2, 0.25) is 0 Å². The van der Waals surface area contributed by atoms with Crippen LogP contribution in [-0.2, 0) is 17.8 Å². The third kappa shape index (κ3) is 5.24. The first kappa shape index (κ1) is 21.6. The predicted molar refractivity (Wildman–Crippen MR) is 130 cm³/mol. The number of aromatic nitrogens is 3. The summed E-state index contributed by atoms with van der Waals surface area (Å²) in [6.07, 6.45) is 3.31. The van der Waals surface area contributed by atoms with Gasteiger partial charge in [0, 0.05) is 25.6 Å². The van der Waals surface area contributed by atoms with Crippen LogP contribution >= 0.6 is 0 Å². The molecule has 0 saturated carbocycles. The second-order valence-electron chi connectivity index (χ2n) is 8.56. The molecule has 0 bridgehead atoms. The minimum absolute atomic E-state index is 0.611. The number of methoxy groups -OCH3 is 1. The number of hydrogen-bond acceptors (Lipinski definition) is 5. The van der Waals surface area contributed by atoms with Crippen molar-refractivity contribution in [3.8, 4) is 17.0 Å². The zero-order valence-electron chi connectivity index (χ0n) is 19.1. The number of fused-ring (bicyclic) bond motifs is 1. The Morgan fingerprint density at radius 3 is 2.39 bits per heavy atom. The van der Waals surface area contributed by atoms with Crippen LogP contribution in [0.15, 0.2) is 66.7 Å². The number of likely N-dealkylation sites (tertiary alicyclic amines) is 1. The minimum Gasteiger partial charge on any atom is -0.492 e. The first-order chi connectivity index (χ1) is 16.3. The summed E-state index contributed by atoms with van der Waals surface area (Å²) in [5, 5.41) is 4.80. The van der Waals surface area contributed by atoms with Crippen LogP contribution < -0.4 is 4.74 Å². The normalized spacial score (nSPS) is 14.2. The van der Waals surface area contributed by atoms with Crippen LogP contribution in [0.3, 0.4) is 0 Å². The van der Waals surface area contributed by atoms with Gasteiger partial charge < -0.3 is 9.47 Å². The molecule has 5 rings (SSSR count). The monoisotopic (exact) mass is 442 g/mol. The fourth-order valence-corrected chi connectivity index (χ4v) is 4.37. The molecular formula is C27H30N4O2. The van der Waals surface area contributed by atoms with E-state index in [9.17, 15) is 0 Å². The van der Waals surface area contributed by atoms with Crippen LogP contribution in [0.4, 0.5) is 0 Å². The summed E-state index contributed by atoms with van der Waals surface area (Å²) in [5.74, 6) is 1.72. The van der Waals surface area contributed by atoms with Gasteiger partial charge in [0.1, 0.15) is 12.4 Å².